The molecule has 0 aliphatic rings. The molecule has 0 amide bonds. The van der Waals surface area contributed by atoms with E-state index in [1.165, 1.54) is 154 Å². The average molecular weight is 483 g/mol. The lowest BCUT2D eigenvalue weighted by Gasteiger charge is -2.24. The molecule has 0 aromatic rings. The number of hydrazine groups is 1. The second-order valence-corrected chi connectivity index (χ2v) is 11.0. The zero-order valence-electron chi connectivity index (χ0n) is 24.1. The van der Waals surface area contributed by atoms with Crippen molar-refractivity contribution < 1.29 is 5.11 Å². The van der Waals surface area contributed by atoms with Crippen LogP contribution in [0, 0.1) is 0 Å². The van der Waals surface area contributed by atoms with E-state index in [1.807, 2.05) is 6.92 Å². The van der Waals surface area contributed by atoms with Gasteiger partial charge in [-0.05, 0) is 19.8 Å². The molecular weight excluding hydrogens is 416 g/mol. The lowest BCUT2D eigenvalue weighted by atomic mass is 10.0. The van der Waals surface area contributed by atoms with Crippen LogP contribution < -0.4 is 5.43 Å². The van der Waals surface area contributed by atoms with Gasteiger partial charge in [0.1, 0.15) is 0 Å². The topological polar surface area (TPSA) is 35.5 Å². The first kappa shape index (κ1) is 33.9. The Hall–Kier alpha value is -0.120. The number of aliphatic hydroxyl groups is 1. The summed E-state index contributed by atoms with van der Waals surface area (Å²) >= 11 is 0. The van der Waals surface area contributed by atoms with Crippen LogP contribution in [0.2, 0.25) is 0 Å². The van der Waals surface area contributed by atoms with Gasteiger partial charge < -0.3 is 5.11 Å². The van der Waals surface area contributed by atoms with E-state index >= 15 is 0 Å². The normalized spacial score (nSPS) is 12.6. The second-order valence-electron chi connectivity index (χ2n) is 11.0. The maximum Gasteiger partial charge on any atom is 0.0650 e. The predicted octanol–water partition coefficient (Wildman–Crippen LogP) is 9.58. The molecule has 0 bridgehead atoms. The van der Waals surface area contributed by atoms with Gasteiger partial charge in [-0.3, -0.25) is 5.43 Å². The van der Waals surface area contributed by atoms with E-state index in [0.717, 1.165) is 13.1 Å². The molecule has 1 unspecified atom stereocenters. The van der Waals surface area contributed by atoms with E-state index in [-0.39, 0.29) is 6.10 Å². The first-order chi connectivity index (χ1) is 16.7. The molecule has 0 aromatic carbocycles. The lowest BCUT2D eigenvalue weighted by molar-refractivity contribution is 0.120. The van der Waals surface area contributed by atoms with E-state index in [2.05, 4.69) is 24.3 Å². The SMILES string of the molecule is CCCCCCCCCCCCCCN(CCCCCCCCCCCCCC)NCC(C)O. The van der Waals surface area contributed by atoms with Crippen molar-refractivity contribution in [1.29, 1.82) is 0 Å². The van der Waals surface area contributed by atoms with Gasteiger partial charge in [-0.25, -0.2) is 5.01 Å². The van der Waals surface area contributed by atoms with Gasteiger partial charge in [0.05, 0.1) is 6.10 Å². The third kappa shape index (κ3) is 28.1. The summed E-state index contributed by atoms with van der Waals surface area (Å²) in [6.45, 7) is 9.39. The molecule has 3 nitrogen and oxygen atoms in total. The number of hydrogen-bond donors (Lipinski definition) is 2. The fourth-order valence-corrected chi connectivity index (χ4v) is 4.82. The number of nitrogens with one attached hydrogen (secondary N) is 1. The Morgan fingerprint density at radius 3 is 1.00 bits per heavy atom. The summed E-state index contributed by atoms with van der Waals surface area (Å²) < 4.78 is 0. The maximum atomic E-state index is 9.66. The van der Waals surface area contributed by atoms with Crippen molar-refractivity contribution in [2.24, 2.45) is 0 Å². The minimum absolute atomic E-state index is 0.272. The van der Waals surface area contributed by atoms with Crippen molar-refractivity contribution in [3.8, 4) is 0 Å². The third-order valence-corrected chi connectivity index (χ3v) is 7.17. The van der Waals surface area contributed by atoms with Crippen molar-refractivity contribution in [1.82, 2.24) is 10.4 Å². The highest BCUT2D eigenvalue weighted by Crippen LogP contribution is 2.13. The third-order valence-electron chi connectivity index (χ3n) is 7.17. The highest BCUT2D eigenvalue weighted by molar-refractivity contribution is 4.58. The average Bonchev–Trinajstić information content (AvgIpc) is 2.83. The van der Waals surface area contributed by atoms with E-state index in [9.17, 15) is 5.11 Å². The molecule has 0 aliphatic heterocycles. The minimum atomic E-state index is -0.272. The molecule has 0 aromatic heterocycles. The highest BCUT2D eigenvalue weighted by atomic mass is 16.3. The van der Waals surface area contributed by atoms with Crippen molar-refractivity contribution in [2.75, 3.05) is 19.6 Å². The van der Waals surface area contributed by atoms with Crippen LogP contribution >= 0.6 is 0 Å². The molecule has 0 radical (unpaired) electrons. The first-order valence-electron chi connectivity index (χ1n) is 15.9. The summed E-state index contributed by atoms with van der Waals surface area (Å²) in [7, 11) is 0. The standard InChI is InChI=1S/C31H66N2O/c1-4-6-8-10-12-14-16-18-20-22-24-26-28-33(32-30-31(3)34)29-27-25-23-21-19-17-15-13-11-9-7-5-2/h31-32,34H,4-30H2,1-3H3. The summed E-state index contributed by atoms with van der Waals surface area (Å²) in [5, 5.41) is 12.0. The van der Waals surface area contributed by atoms with Crippen LogP contribution in [0.4, 0.5) is 0 Å². The predicted molar refractivity (Wildman–Crippen MR) is 153 cm³/mol. The molecule has 1 atom stereocenters. The Bertz CT molecular complexity index is 333. The van der Waals surface area contributed by atoms with Crippen LogP contribution in [0.15, 0.2) is 0 Å². The van der Waals surface area contributed by atoms with Gasteiger partial charge >= 0.3 is 0 Å². The Labute approximate surface area is 216 Å². The van der Waals surface area contributed by atoms with Gasteiger partial charge in [0.2, 0.25) is 0 Å². The summed E-state index contributed by atoms with van der Waals surface area (Å²) in [5.41, 5.74) is 3.48. The van der Waals surface area contributed by atoms with E-state index in [0.29, 0.717) is 6.54 Å². The monoisotopic (exact) mass is 483 g/mol. The van der Waals surface area contributed by atoms with Gasteiger partial charge in [0.25, 0.3) is 0 Å². The summed E-state index contributed by atoms with van der Waals surface area (Å²) in [6.07, 6.45) is 33.4. The molecule has 0 rings (SSSR count). The number of hydrogen-bond acceptors (Lipinski definition) is 3. The van der Waals surface area contributed by atoms with Crippen molar-refractivity contribution in [2.45, 2.75) is 181 Å². The smallest absolute Gasteiger partial charge is 0.0650 e. The van der Waals surface area contributed by atoms with E-state index < -0.39 is 0 Å². The highest BCUT2D eigenvalue weighted by Gasteiger charge is 2.06. The van der Waals surface area contributed by atoms with Crippen LogP contribution in [0.5, 0.6) is 0 Å². The minimum Gasteiger partial charge on any atom is -0.392 e. The Kier molecular flexibility index (Phi) is 29.0. The van der Waals surface area contributed by atoms with Crippen LogP contribution in [0.3, 0.4) is 0 Å². The molecule has 0 fully saturated rings. The molecule has 3 heteroatoms. The van der Waals surface area contributed by atoms with Crippen molar-refractivity contribution in [3.63, 3.8) is 0 Å². The van der Waals surface area contributed by atoms with Crippen LogP contribution in [0.25, 0.3) is 0 Å². The molecule has 0 aliphatic carbocycles. The molecule has 0 saturated heterocycles. The number of nitrogens with zero attached hydrogens (tertiary/aromatic N) is 1. The maximum absolute atomic E-state index is 9.66. The zero-order valence-corrected chi connectivity index (χ0v) is 24.1. The Balaban J connectivity index is 3.60. The molecule has 0 heterocycles. The van der Waals surface area contributed by atoms with Gasteiger partial charge in [-0.15, -0.1) is 0 Å². The van der Waals surface area contributed by atoms with E-state index in [4.69, 9.17) is 0 Å². The van der Waals surface area contributed by atoms with Gasteiger partial charge in [-0.1, -0.05) is 155 Å². The second kappa shape index (κ2) is 29.1. The summed E-state index contributed by atoms with van der Waals surface area (Å²) in [5.74, 6) is 0. The summed E-state index contributed by atoms with van der Waals surface area (Å²) in [4.78, 5) is 0. The van der Waals surface area contributed by atoms with Crippen LogP contribution in [-0.2, 0) is 0 Å². The molecule has 206 valence electrons. The van der Waals surface area contributed by atoms with Gasteiger partial charge in [-0.2, -0.15) is 0 Å². The fraction of sp³-hybridized carbons (Fsp3) is 1.00. The van der Waals surface area contributed by atoms with Crippen molar-refractivity contribution in [3.05, 3.63) is 0 Å². The Morgan fingerprint density at radius 1 is 0.471 bits per heavy atom. The molecule has 2 N–H and O–H groups in total. The largest absolute Gasteiger partial charge is 0.392 e. The quantitative estimate of drug-likeness (QED) is 0.0822. The lowest BCUT2D eigenvalue weighted by Crippen LogP contribution is -2.42. The van der Waals surface area contributed by atoms with E-state index in [1.54, 1.807) is 0 Å². The molecular formula is C31H66N2O. The van der Waals surface area contributed by atoms with Crippen molar-refractivity contribution >= 4 is 0 Å². The van der Waals surface area contributed by atoms with Gasteiger partial charge in [0.15, 0.2) is 0 Å². The first-order valence-corrected chi connectivity index (χ1v) is 15.9. The van der Waals surface area contributed by atoms with Gasteiger partial charge in [0, 0.05) is 19.6 Å². The number of unbranched alkanes of at least 4 members (excludes halogenated alkanes) is 22. The number of aliphatic hydroxyl groups excluding tert-OH is 1. The Morgan fingerprint density at radius 2 is 0.735 bits per heavy atom. The molecule has 0 saturated carbocycles. The molecule has 34 heavy (non-hydrogen) atoms. The summed E-state index contributed by atoms with van der Waals surface area (Å²) in [6, 6.07) is 0. The fourth-order valence-electron chi connectivity index (χ4n) is 4.82. The molecule has 0 spiro atoms. The number of rotatable bonds is 29. The van der Waals surface area contributed by atoms with Crippen LogP contribution in [-0.4, -0.2) is 35.9 Å². The zero-order chi connectivity index (χ0) is 25.0. The van der Waals surface area contributed by atoms with Crippen LogP contribution in [0.1, 0.15) is 175 Å².